The Morgan fingerprint density at radius 1 is 1.44 bits per heavy atom. The molecule has 1 aromatic carbocycles. The van der Waals surface area contributed by atoms with Crippen LogP contribution in [0.1, 0.15) is 24.7 Å². The summed E-state index contributed by atoms with van der Waals surface area (Å²) in [6.45, 7) is 1.01. The summed E-state index contributed by atoms with van der Waals surface area (Å²) in [4.78, 5) is 4.42. The molecule has 1 aliphatic heterocycles. The molecule has 0 bridgehead atoms. The van der Waals surface area contributed by atoms with Crippen LogP contribution in [0.4, 0.5) is 0 Å². The van der Waals surface area contributed by atoms with Gasteiger partial charge in [-0.3, -0.25) is 0 Å². The van der Waals surface area contributed by atoms with Gasteiger partial charge in [0, 0.05) is 10.0 Å². The van der Waals surface area contributed by atoms with Crippen LogP contribution in [0.5, 0.6) is 0 Å². The molecule has 1 saturated heterocycles. The van der Waals surface area contributed by atoms with E-state index in [1.54, 1.807) is 0 Å². The van der Waals surface area contributed by atoms with Crippen LogP contribution < -0.4 is 5.32 Å². The monoisotopic (exact) mass is 327 g/mol. The third-order valence-corrected chi connectivity index (χ3v) is 4.21. The van der Waals surface area contributed by atoms with Crippen LogP contribution >= 0.6 is 27.5 Å². The summed E-state index contributed by atoms with van der Waals surface area (Å²) in [6.07, 6.45) is 2.21. The van der Waals surface area contributed by atoms with Gasteiger partial charge in [0.05, 0.1) is 11.1 Å². The summed E-state index contributed by atoms with van der Waals surface area (Å²) < 4.78 is 6.13. The zero-order chi connectivity index (χ0) is 12.5. The number of hydrogen-bond donors (Lipinski definition) is 1. The first-order chi connectivity index (χ1) is 8.74. The molecule has 1 unspecified atom stereocenters. The molecule has 18 heavy (non-hydrogen) atoms. The average Bonchev–Trinajstić information content (AvgIpc) is 3.01. The van der Waals surface area contributed by atoms with Gasteiger partial charge >= 0.3 is 0 Å². The van der Waals surface area contributed by atoms with Crippen molar-refractivity contribution in [3.05, 3.63) is 33.5 Å². The molecule has 0 aliphatic carbocycles. The fraction of sp³-hybridized carbons (Fsp3) is 0.333. The van der Waals surface area contributed by atoms with Crippen molar-refractivity contribution in [2.75, 3.05) is 6.54 Å². The molecule has 6 heteroatoms. The Bertz CT molecular complexity index is 566. The Hall–Kier alpha value is -0.910. The van der Waals surface area contributed by atoms with Crippen molar-refractivity contribution in [2.45, 2.75) is 18.9 Å². The topological polar surface area (TPSA) is 51.0 Å². The van der Waals surface area contributed by atoms with Gasteiger partial charge in [0.1, 0.15) is 0 Å². The van der Waals surface area contributed by atoms with E-state index in [2.05, 4.69) is 31.4 Å². The van der Waals surface area contributed by atoms with E-state index >= 15 is 0 Å². The highest BCUT2D eigenvalue weighted by Gasteiger charge is 2.22. The van der Waals surface area contributed by atoms with Gasteiger partial charge in [0.25, 0.3) is 5.89 Å². The molecule has 0 saturated carbocycles. The van der Waals surface area contributed by atoms with Crippen molar-refractivity contribution in [1.29, 1.82) is 0 Å². The summed E-state index contributed by atoms with van der Waals surface area (Å²) in [6, 6.07) is 5.80. The van der Waals surface area contributed by atoms with Crippen molar-refractivity contribution in [3.8, 4) is 11.5 Å². The first-order valence-electron chi connectivity index (χ1n) is 5.76. The SMILES string of the molecule is Clc1cc(-c2nc(C3CCCN3)no2)ccc1Br. The lowest BCUT2D eigenvalue weighted by Crippen LogP contribution is -2.14. The standard InChI is InChI=1S/C12H11BrClN3O/c13-8-4-3-7(6-9(8)14)12-16-11(17-18-12)10-2-1-5-15-10/h3-4,6,10,15H,1-2,5H2. The number of nitrogens with zero attached hydrogens (tertiary/aromatic N) is 2. The Morgan fingerprint density at radius 2 is 2.33 bits per heavy atom. The third-order valence-electron chi connectivity index (χ3n) is 2.98. The molecule has 1 fully saturated rings. The highest BCUT2D eigenvalue weighted by atomic mass is 79.9. The molecule has 1 N–H and O–H groups in total. The van der Waals surface area contributed by atoms with Crippen molar-refractivity contribution < 1.29 is 4.52 Å². The molecule has 2 heterocycles. The maximum absolute atomic E-state index is 6.05. The number of benzene rings is 1. The summed E-state index contributed by atoms with van der Waals surface area (Å²) in [5, 5.41) is 7.99. The molecule has 0 spiro atoms. The van der Waals surface area contributed by atoms with Crippen molar-refractivity contribution in [1.82, 2.24) is 15.5 Å². The van der Waals surface area contributed by atoms with Gasteiger partial charge in [-0.15, -0.1) is 0 Å². The van der Waals surface area contributed by atoms with E-state index < -0.39 is 0 Å². The molecule has 4 nitrogen and oxygen atoms in total. The number of rotatable bonds is 2. The highest BCUT2D eigenvalue weighted by Crippen LogP contribution is 2.29. The highest BCUT2D eigenvalue weighted by molar-refractivity contribution is 9.10. The molecule has 3 rings (SSSR count). The first-order valence-corrected chi connectivity index (χ1v) is 6.93. The van der Waals surface area contributed by atoms with E-state index in [1.807, 2.05) is 18.2 Å². The number of halogens is 2. The predicted molar refractivity (Wildman–Crippen MR) is 72.4 cm³/mol. The fourth-order valence-corrected chi connectivity index (χ4v) is 2.45. The van der Waals surface area contributed by atoms with Gasteiger partial charge in [-0.25, -0.2) is 0 Å². The van der Waals surface area contributed by atoms with Gasteiger partial charge in [-0.2, -0.15) is 4.98 Å². The Labute approximate surface area is 118 Å². The number of hydrogen-bond acceptors (Lipinski definition) is 4. The van der Waals surface area contributed by atoms with Crippen LogP contribution in [0.25, 0.3) is 11.5 Å². The second-order valence-electron chi connectivity index (χ2n) is 4.24. The smallest absolute Gasteiger partial charge is 0.258 e. The van der Waals surface area contributed by atoms with Crippen molar-refractivity contribution in [3.63, 3.8) is 0 Å². The summed E-state index contributed by atoms with van der Waals surface area (Å²) in [7, 11) is 0. The van der Waals surface area contributed by atoms with E-state index in [4.69, 9.17) is 16.1 Å². The second kappa shape index (κ2) is 4.99. The van der Waals surface area contributed by atoms with Gasteiger partial charge in [-0.05, 0) is 53.5 Å². The van der Waals surface area contributed by atoms with Crippen molar-refractivity contribution in [2.24, 2.45) is 0 Å². The summed E-state index contributed by atoms with van der Waals surface area (Å²) >= 11 is 9.40. The molecule has 1 atom stereocenters. The van der Waals surface area contributed by atoms with Gasteiger partial charge in [0.2, 0.25) is 0 Å². The minimum Gasteiger partial charge on any atom is -0.334 e. The third kappa shape index (κ3) is 2.30. The van der Waals surface area contributed by atoms with Crippen LogP contribution in [0.2, 0.25) is 5.02 Å². The first kappa shape index (κ1) is 12.1. The molecule has 1 aromatic heterocycles. The second-order valence-corrected chi connectivity index (χ2v) is 5.50. The molecule has 1 aliphatic rings. The zero-order valence-corrected chi connectivity index (χ0v) is 11.8. The Morgan fingerprint density at radius 3 is 3.06 bits per heavy atom. The molecule has 0 amide bonds. The molecule has 0 radical (unpaired) electrons. The number of aromatic nitrogens is 2. The van der Waals surface area contributed by atoms with Crippen LogP contribution in [-0.4, -0.2) is 16.7 Å². The predicted octanol–water partition coefficient (Wildman–Crippen LogP) is 3.58. The maximum atomic E-state index is 6.05. The van der Waals surface area contributed by atoms with E-state index in [1.165, 1.54) is 0 Å². The van der Waals surface area contributed by atoms with Crippen LogP contribution in [-0.2, 0) is 0 Å². The number of nitrogens with one attached hydrogen (secondary N) is 1. The van der Waals surface area contributed by atoms with Crippen LogP contribution in [0, 0.1) is 0 Å². The Balaban J connectivity index is 1.89. The van der Waals surface area contributed by atoms with E-state index in [0.717, 1.165) is 35.2 Å². The normalized spacial score (nSPS) is 19.3. The van der Waals surface area contributed by atoms with E-state index in [-0.39, 0.29) is 6.04 Å². The summed E-state index contributed by atoms with van der Waals surface area (Å²) in [5.74, 6) is 1.23. The lowest BCUT2D eigenvalue weighted by Gasteiger charge is -2.01. The Kier molecular flexibility index (Phi) is 3.37. The quantitative estimate of drug-likeness (QED) is 0.915. The fourth-order valence-electron chi connectivity index (χ4n) is 2.03. The molecular weight excluding hydrogens is 318 g/mol. The summed E-state index contributed by atoms with van der Waals surface area (Å²) in [5.41, 5.74) is 0.833. The average molecular weight is 329 g/mol. The lowest BCUT2D eigenvalue weighted by molar-refractivity contribution is 0.412. The minimum absolute atomic E-state index is 0.216. The van der Waals surface area contributed by atoms with Crippen molar-refractivity contribution >= 4 is 27.5 Å². The van der Waals surface area contributed by atoms with E-state index in [9.17, 15) is 0 Å². The largest absolute Gasteiger partial charge is 0.334 e. The molecular formula is C12H11BrClN3O. The maximum Gasteiger partial charge on any atom is 0.258 e. The van der Waals surface area contributed by atoms with Gasteiger partial charge in [-0.1, -0.05) is 16.8 Å². The van der Waals surface area contributed by atoms with Crippen LogP contribution in [0.3, 0.4) is 0 Å². The molecule has 2 aromatic rings. The zero-order valence-electron chi connectivity index (χ0n) is 9.49. The van der Waals surface area contributed by atoms with Gasteiger partial charge < -0.3 is 9.84 Å². The minimum atomic E-state index is 0.216. The molecule has 94 valence electrons. The van der Waals surface area contributed by atoms with Gasteiger partial charge in [0.15, 0.2) is 5.82 Å². The lowest BCUT2D eigenvalue weighted by atomic mass is 10.2. The van der Waals surface area contributed by atoms with Crippen LogP contribution in [0.15, 0.2) is 27.2 Å². The van der Waals surface area contributed by atoms with E-state index in [0.29, 0.717) is 10.9 Å².